The van der Waals surface area contributed by atoms with Crippen molar-refractivity contribution < 1.29 is 14.5 Å². The zero-order valence-electron chi connectivity index (χ0n) is 10.3. The Labute approximate surface area is 113 Å². The lowest BCUT2D eigenvalue weighted by Gasteiger charge is -2.14. The number of para-hydroxylation sites is 1. The van der Waals surface area contributed by atoms with Crippen LogP contribution in [0.1, 0.15) is 10.4 Å². The van der Waals surface area contributed by atoms with Gasteiger partial charge in [-0.1, -0.05) is 12.1 Å². The van der Waals surface area contributed by atoms with Gasteiger partial charge < -0.3 is 11.1 Å². The molecular formula is C11H13N5O4. The second-order valence-corrected chi connectivity index (χ2v) is 4.25. The Bertz CT molecular complexity index is 561. The zero-order chi connectivity index (χ0) is 14.7. The van der Waals surface area contributed by atoms with Crippen LogP contribution in [-0.4, -0.2) is 35.4 Å². The molecule has 0 saturated carbocycles. The number of hydrogen-bond acceptors (Lipinski definition) is 6. The molecule has 1 fully saturated rings. The lowest BCUT2D eigenvalue weighted by Crippen LogP contribution is -2.46. The highest BCUT2D eigenvalue weighted by Crippen LogP contribution is 2.15. The van der Waals surface area contributed by atoms with Crippen LogP contribution < -0.4 is 21.9 Å². The molecule has 1 aromatic rings. The molecule has 2 unspecified atom stereocenters. The summed E-state index contributed by atoms with van der Waals surface area (Å²) in [4.78, 5) is 33.6. The third-order valence-corrected chi connectivity index (χ3v) is 2.96. The molecule has 106 valence electrons. The molecule has 9 heteroatoms. The van der Waals surface area contributed by atoms with Gasteiger partial charge in [0.05, 0.1) is 17.8 Å². The molecule has 1 heterocycles. The molecule has 2 atom stereocenters. The Hall–Kier alpha value is -2.52. The molecule has 1 aliphatic heterocycles. The molecular weight excluding hydrogens is 266 g/mol. The van der Waals surface area contributed by atoms with E-state index >= 15 is 0 Å². The third-order valence-electron chi connectivity index (χ3n) is 2.96. The first-order valence-corrected chi connectivity index (χ1v) is 5.82. The maximum Gasteiger partial charge on any atom is 0.252 e. The summed E-state index contributed by atoms with van der Waals surface area (Å²) in [7, 11) is 0. The van der Waals surface area contributed by atoms with Crippen molar-refractivity contribution in [1.82, 2.24) is 10.9 Å². The molecule has 0 aliphatic carbocycles. The fraction of sp³-hybridized carbons (Fsp3) is 0.273. The quantitative estimate of drug-likeness (QED) is 0.405. The molecule has 0 aromatic heterocycles. The van der Waals surface area contributed by atoms with Gasteiger partial charge >= 0.3 is 0 Å². The summed E-state index contributed by atoms with van der Waals surface area (Å²) in [5.41, 5.74) is 10.7. The molecule has 5 N–H and O–H groups in total. The van der Waals surface area contributed by atoms with Crippen molar-refractivity contribution in [3.05, 3.63) is 39.9 Å². The van der Waals surface area contributed by atoms with Crippen molar-refractivity contribution in [3.63, 3.8) is 0 Å². The normalized spacial score (nSPS) is 21.4. The number of primary amides is 1. The van der Waals surface area contributed by atoms with Gasteiger partial charge in [0.1, 0.15) is 0 Å². The molecule has 20 heavy (non-hydrogen) atoms. The number of carbonyl (C=O) groups is 2. The number of hydrazine groups is 1. The fourth-order valence-electron chi connectivity index (χ4n) is 1.94. The predicted molar refractivity (Wildman–Crippen MR) is 69.3 cm³/mol. The van der Waals surface area contributed by atoms with Crippen LogP contribution in [0.4, 0.5) is 5.69 Å². The molecule has 1 saturated heterocycles. The number of nitro groups is 1. The van der Waals surface area contributed by atoms with Crippen LogP contribution in [-0.2, 0) is 4.79 Å². The fourth-order valence-corrected chi connectivity index (χ4v) is 1.94. The Kier molecular flexibility index (Phi) is 3.91. The largest absolute Gasteiger partial charge is 0.366 e. The van der Waals surface area contributed by atoms with Crippen molar-refractivity contribution in [2.75, 3.05) is 11.9 Å². The summed E-state index contributed by atoms with van der Waals surface area (Å²) in [6, 6.07) is 4.09. The summed E-state index contributed by atoms with van der Waals surface area (Å²) in [6.07, 6.45) is 0. The Morgan fingerprint density at radius 3 is 2.75 bits per heavy atom. The van der Waals surface area contributed by atoms with E-state index in [2.05, 4.69) is 16.2 Å². The first-order chi connectivity index (χ1) is 9.50. The second kappa shape index (κ2) is 5.63. The summed E-state index contributed by atoms with van der Waals surface area (Å²) in [6.45, 7) is 0.0442. The van der Waals surface area contributed by atoms with Crippen molar-refractivity contribution >= 4 is 17.5 Å². The molecule has 0 spiro atoms. The number of rotatable bonds is 4. The van der Waals surface area contributed by atoms with Crippen LogP contribution >= 0.6 is 0 Å². The molecule has 0 radical (unpaired) electrons. The summed E-state index contributed by atoms with van der Waals surface area (Å²) in [5, 5.41) is 13.3. The molecule has 9 nitrogen and oxygen atoms in total. The highest BCUT2D eigenvalue weighted by Gasteiger charge is 2.41. The third kappa shape index (κ3) is 2.73. The van der Waals surface area contributed by atoms with Crippen LogP contribution in [0, 0.1) is 10.1 Å². The molecule has 1 aromatic carbocycles. The molecule has 2 amide bonds. The number of nitrogens with one attached hydrogen (secondary N) is 3. The SMILES string of the molecule is NC(=O)c1ccccc1NC(=O)C1NNCC1[N+](=O)[O-]. The van der Waals surface area contributed by atoms with Crippen LogP contribution in [0.3, 0.4) is 0 Å². The smallest absolute Gasteiger partial charge is 0.252 e. The molecule has 0 bridgehead atoms. The van der Waals surface area contributed by atoms with E-state index in [1.165, 1.54) is 12.1 Å². The minimum atomic E-state index is -1.07. The van der Waals surface area contributed by atoms with Gasteiger partial charge in [0, 0.05) is 4.92 Å². The summed E-state index contributed by atoms with van der Waals surface area (Å²) in [5.74, 6) is -1.30. The molecule has 1 aliphatic rings. The number of anilines is 1. The van der Waals surface area contributed by atoms with E-state index in [0.717, 1.165) is 0 Å². The minimum absolute atomic E-state index is 0.0442. The number of hydrogen-bond donors (Lipinski definition) is 4. The number of carbonyl (C=O) groups excluding carboxylic acids is 2. The first-order valence-electron chi connectivity index (χ1n) is 5.82. The van der Waals surface area contributed by atoms with Crippen molar-refractivity contribution in [2.24, 2.45) is 5.73 Å². The predicted octanol–water partition coefficient (Wildman–Crippen LogP) is -1.15. The van der Waals surface area contributed by atoms with Gasteiger partial charge in [-0.25, -0.2) is 10.9 Å². The van der Waals surface area contributed by atoms with Gasteiger partial charge in [0.2, 0.25) is 5.91 Å². The Morgan fingerprint density at radius 1 is 1.40 bits per heavy atom. The van der Waals surface area contributed by atoms with Crippen molar-refractivity contribution in [2.45, 2.75) is 12.1 Å². The van der Waals surface area contributed by atoms with E-state index in [0.29, 0.717) is 0 Å². The van der Waals surface area contributed by atoms with E-state index in [-0.39, 0.29) is 17.8 Å². The zero-order valence-corrected chi connectivity index (χ0v) is 10.3. The van der Waals surface area contributed by atoms with Crippen molar-refractivity contribution in [1.29, 1.82) is 0 Å². The van der Waals surface area contributed by atoms with Gasteiger partial charge in [0.15, 0.2) is 6.04 Å². The van der Waals surface area contributed by atoms with E-state index in [4.69, 9.17) is 5.73 Å². The molecule has 2 rings (SSSR count). The van der Waals surface area contributed by atoms with Gasteiger partial charge in [-0.05, 0) is 12.1 Å². The maximum absolute atomic E-state index is 12.0. The minimum Gasteiger partial charge on any atom is -0.366 e. The average Bonchev–Trinajstić information content (AvgIpc) is 2.88. The first kappa shape index (κ1) is 13.9. The highest BCUT2D eigenvalue weighted by molar-refractivity contribution is 6.04. The van der Waals surface area contributed by atoms with Crippen LogP contribution in [0.5, 0.6) is 0 Å². The Balaban J connectivity index is 2.16. The number of benzene rings is 1. The topological polar surface area (TPSA) is 139 Å². The summed E-state index contributed by atoms with van der Waals surface area (Å²) < 4.78 is 0. The average molecular weight is 279 g/mol. The van der Waals surface area contributed by atoms with Gasteiger partial charge in [-0.15, -0.1) is 0 Å². The van der Waals surface area contributed by atoms with Crippen LogP contribution in [0.25, 0.3) is 0 Å². The van der Waals surface area contributed by atoms with Crippen LogP contribution in [0.15, 0.2) is 24.3 Å². The lowest BCUT2D eigenvalue weighted by molar-refractivity contribution is -0.517. The van der Waals surface area contributed by atoms with E-state index in [1.54, 1.807) is 12.1 Å². The summed E-state index contributed by atoms with van der Waals surface area (Å²) >= 11 is 0. The monoisotopic (exact) mass is 279 g/mol. The van der Waals surface area contributed by atoms with E-state index in [1.807, 2.05) is 0 Å². The van der Waals surface area contributed by atoms with Crippen LogP contribution in [0.2, 0.25) is 0 Å². The van der Waals surface area contributed by atoms with Crippen molar-refractivity contribution in [3.8, 4) is 0 Å². The second-order valence-electron chi connectivity index (χ2n) is 4.25. The lowest BCUT2D eigenvalue weighted by atomic mass is 10.1. The number of amides is 2. The highest BCUT2D eigenvalue weighted by atomic mass is 16.6. The number of nitrogens with two attached hydrogens (primary N) is 1. The van der Waals surface area contributed by atoms with Gasteiger partial charge in [0.25, 0.3) is 11.9 Å². The standard InChI is InChI=1S/C11H13N5O4/c12-10(17)6-3-1-2-4-7(6)14-11(18)9-8(16(19)20)5-13-15-9/h1-4,8-9,13,15H,5H2,(H2,12,17)(H,14,18). The van der Waals surface area contributed by atoms with E-state index in [9.17, 15) is 19.7 Å². The number of nitrogens with zero attached hydrogens (tertiary/aromatic N) is 1. The van der Waals surface area contributed by atoms with Gasteiger partial charge in [-0.2, -0.15) is 0 Å². The Morgan fingerprint density at radius 2 is 2.10 bits per heavy atom. The maximum atomic E-state index is 12.0. The van der Waals surface area contributed by atoms with E-state index < -0.39 is 28.8 Å². The van der Waals surface area contributed by atoms with Gasteiger partial charge in [-0.3, -0.25) is 19.7 Å².